The standard InChI is InChI=1S/C24H21N3O/c1-15-8-6-7-11-19(15)18-12-21-20(22(28)13-18)14-25-24-23(16(2)26-27(21)24)17-9-4-3-5-10-17/h3-11,14,18H,12-13H2,1-2H3/t18-/m1/s1. The number of carbonyl (C=O) groups is 1. The van der Waals surface area contributed by atoms with Crippen molar-refractivity contribution in [2.24, 2.45) is 0 Å². The number of aromatic nitrogens is 3. The first kappa shape index (κ1) is 16.9. The molecule has 28 heavy (non-hydrogen) atoms. The molecule has 4 nitrogen and oxygen atoms in total. The lowest BCUT2D eigenvalue weighted by Gasteiger charge is -2.25. The van der Waals surface area contributed by atoms with Crippen LogP contribution in [0.1, 0.15) is 45.2 Å². The molecule has 0 saturated heterocycles. The first-order valence-electron chi connectivity index (χ1n) is 9.65. The Bertz CT molecular complexity index is 1210. The molecule has 0 unspecified atom stereocenters. The average molecular weight is 367 g/mol. The van der Waals surface area contributed by atoms with Crippen LogP contribution < -0.4 is 0 Å². The van der Waals surface area contributed by atoms with Gasteiger partial charge in [0.1, 0.15) is 0 Å². The zero-order chi connectivity index (χ0) is 19.3. The topological polar surface area (TPSA) is 47.3 Å². The number of Topliss-reactive ketones (excluding diaryl/α,β-unsaturated/α-hetero) is 1. The van der Waals surface area contributed by atoms with Crippen LogP contribution in [0, 0.1) is 13.8 Å². The van der Waals surface area contributed by atoms with E-state index in [0.717, 1.165) is 34.6 Å². The lowest BCUT2D eigenvalue weighted by Crippen LogP contribution is -2.23. The van der Waals surface area contributed by atoms with E-state index in [0.29, 0.717) is 12.0 Å². The summed E-state index contributed by atoms with van der Waals surface area (Å²) >= 11 is 0. The average Bonchev–Trinajstić information content (AvgIpc) is 3.05. The maximum Gasteiger partial charge on any atom is 0.166 e. The highest BCUT2D eigenvalue weighted by molar-refractivity contribution is 5.99. The predicted octanol–water partition coefficient (Wildman–Crippen LogP) is 4.93. The van der Waals surface area contributed by atoms with Crippen LogP contribution in [0.25, 0.3) is 16.8 Å². The molecule has 138 valence electrons. The summed E-state index contributed by atoms with van der Waals surface area (Å²) in [6.45, 7) is 4.12. The van der Waals surface area contributed by atoms with Crippen LogP contribution in [0.2, 0.25) is 0 Å². The van der Waals surface area contributed by atoms with E-state index < -0.39 is 0 Å². The molecule has 5 rings (SSSR count). The second-order valence-electron chi connectivity index (χ2n) is 7.57. The van der Waals surface area contributed by atoms with Gasteiger partial charge in [-0.05, 0) is 42.9 Å². The monoisotopic (exact) mass is 367 g/mol. The normalized spacial score (nSPS) is 16.4. The Hall–Kier alpha value is -3.27. The third-order valence-corrected chi connectivity index (χ3v) is 5.78. The SMILES string of the molecule is Cc1ccccc1[C@H]1CC(=O)c2cnc3c(-c4ccccc4)c(C)nn3c2C1. The molecule has 0 amide bonds. The highest BCUT2D eigenvalue weighted by Gasteiger charge is 2.30. The molecule has 1 aliphatic rings. The van der Waals surface area contributed by atoms with Crippen molar-refractivity contribution in [2.45, 2.75) is 32.6 Å². The van der Waals surface area contributed by atoms with Gasteiger partial charge in [-0.3, -0.25) is 4.79 Å². The van der Waals surface area contributed by atoms with E-state index in [-0.39, 0.29) is 11.7 Å². The van der Waals surface area contributed by atoms with Gasteiger partial charge in [0.2, 0.25) is 0 Å². The summed E-state index contributed by atoms with van der Waals surface area (Å²) < 4.78 is 1.90. The summed E-state index contributed by atoms with van der Waals surface area (Å²) in [4.78, 5) is 17.5. The lowest BCUT2D eigenvalue weighted by atomic mass is 9.80. The van der Waals surface area contributed by atoms with Gasteiger partial charge in [0, 0.05) is 18.2 Å². The molecular formula is C24H21N3O. The second-order valence-corrected chi connectivity index (χ2v) is 7.57. The van der Waals surface area contributed by atoms with E-state index >= 15 is 0 Å². The Labute approximate surface area is 163 Å². The van der Waals surface area contributed by atoms with Crippen LogP contribution >= 0.6 is 0 Å². The van der Waals surface area contributed by atoms with Crippen molar-refractivity contribution in [1.82, 2.24) is 14.6 Å². The molecule has 4 aromatic rings. The molecule has 0 fully saturated rings. The fourth-order valence-corrected chi connectivity index (χ4v) is 4.41. The third kappa shape index (κ3) is 2.56. The zero-order valence-electron chi connectivity index (χ0n) is 16.0. The first-order chi connectivity index (χ1) is 13.6. The van der Waals surface area contributed by atoms with Crippen molar-refractivity contribution >= 4 is 11.4 Å². The van der Waals surface area contributed by atoms with Crippen LogP contribution in [-0.4, -0.2) is 20.4 Å². The summed E-state index contributed by atoms with van der Waals surface area (Å²) in [5.74, 6) is 0.329. The maximum atomic E-state index is 12.9. The molecule has 2 aromatic heterocycles. The minimum atomic E-state index is 0.151. The maximum absolute atomic E-state index is 12.9. The summed E-state index contributed by atoms with van der Waals surface area (Å²) in [5.41, 5.74) is 8.04. The lowest BCUT2D eigenvalue weighted by molar-refractivity contribution is 0.0962. The Balaban J connectivity index is 1.69. The number of benzene rings is 2. The van der Waals surface area contributed by atoms with Crippen molar-refractivity contribution in [1.29, 1.82) is 0 Å². The fourth-order valence-electron chi connectivity index (χ4n) is 4.41. The minimum Gasteiger partial charge on any atom is -0.294 e. The number of ketones is 1. The van der Waals surface area contributed by atoms with E-state index in [9.17, 15) is 4.79 Å². The Morgan fingerprint density at radius 2 is 1.71 bits per heavy atom. The van der Waals surface area contributed by atoms with Gasteiger partial charge in [-0.25, -0.2) is 9.50 Å². The molecule has 0 saturated carbocycles. The molecule has 0 radical (unpaired) electrons. The van der Waals surface area contributed by atoms with Gasteiger partial charge in [0.15, 0.2) is 11.4 Å². The van der Waals surface area contributed by atoms with Gasteiger partial charge >= 0.3 is 0 Å². The Morgan fingerprint density at radius 1 is 0.964 bits per heavy atom. The molecule has 1 aliphatic carbocycles. The number of fused-ring (bicyclic) bond motifs is 3. The zero-order valence-corrected chi connectivity index (χ0v) is 16.0. The molecule has 1 atom stereocenters. The first-order valence-corrected chi connectivity index (χ1v) is 9.65. The fraction of sp³-hybridized carbons (Fsp3) is 0.208. The number of hydrogen-bond acceptors (Lipinski definition) is 3. The molecule has 2 aromatic carbocycles. The van der Waals surface area contributed by atoms with Gasteiger partial charge < -0.3 is 0 Å². The van der Waals surface area contributed by atoms with Gasteiger partial charge in [0.05, 0.1) is 17.0 Å². The van der Waals surface area contributed by atoms with Gasteiger partial charge in [-0.2, -0.15) is 5.10 Å². The van der Waals surface area contributed by atoms with Crippen LogP contribution in [-0.2, 0) is 6.42 Å². The molecular weight excluding hydrogens is 346 g/mol. The molecule has 2 heterocycles. The van der Waals surface area contributed by atoms with Crippen molar-refractivity contribution in [3.63, 3.8) is 0 Å². The number of nitrogens with zero attached hydrogens (tertiary/aromatic N) is 3. The molecule has 0 spiro atoms. The highest BCUT2D eigenvalue weighted by Crippen LogP contribution is 2.36. The van der Waals surface area contributed by atoms with Gasteiger partial charge in [-0.15, -0.1) is 0 Å². The van der Waals surface area contributed by atoms with Crippen molar-refractivity contribution in [2.75, 3.05) is 0 Å². The number of hydrogen-bond donors (Lipinski definition) is 0. The summed E-state index contributed by atoms with van der Waals surface area (Å²) in [6, 6.07) is 18.6. The Kier molecular flexibility index (Phi) is 3.86. The summed E-state index contributed by atoms with van der Waals surface area (Å²) in [7, 11) is 0. The highest BCUT2D eigenvalue weighted by atomic mass is 16.1. The number of rotatable bonds is 2. The smallest absolute Gasteiger partial charge is 0.166 e. The van der Waals surface area contributed by atoms with Gasteiger partial charge in [-0.1, -0.05) is 54.6 Å². The van der Waals surface area contributed by atoms with E-state index in [2.05, 4.69) is 42.2 Å². The molecule has 4 heteroatoms. The third-order valence-electron chi connectivity index (χ3n) is 5.78. The van der Waals surface area contributed by atoms with Crippen molar-refractivity contribution in [3.05, 3.63) is 88.9 Å². The van der Waals surface area contributed by atoms with E-state index in [4.69, 9.17) is 5.10 Å². The Morgan fingerprint density at radius 3 is 2.50 bits per heavy atom. The second kappa shape index (κ2) is 6.41. The summed E-state index contributed by atoms with van der Waals surface area (Å²) in [5, 5.41) is 4.79. The quantitative estimate of drug-likeness (QED) is 0.505. The summed E-state index contributed by atoms with van der Waals surface area (Å²) in [6.07, 6.45) is 3.06. The molecule has 0 aliphatic heterocycles. The molecule has 0 bridgehead atoms. The van der Waals surface area contributed by atoms with Crippen LogP contribution in [0.5, 0.6) is 0 Å². The van der Waals surface area contributed by atoms with Gasteiger partial charge in [0.25, 0.3) is 0 Å². The van der Waals surface area contributed by atoms with Crippen LogP contribution in [0.4, 0.5) is 0 Å². The largest absolute Gasteiger partial charge is 0.294 e. The van der Waals surface area contributed by atoms with E-state index in [1.54, 1.807) is 6.20 Å². The predicted molar refractivity (Wildman–Crippen MR) is 110 cm³/mol. The van der Waals surface area contributed by atoms with E-state index in [1.165, 1.54) is 11.1 Å². The van der Waals surface area contributed by atoms with Crippen molar-refractivity contribution in [3.8, 4) is 11.1 Å². The molecule has 0 N–H and O–H groups in total. The van der Waals surface area contributed by atoms with Crippen molar-refractivity contribution < 1.29 is 4.79 Å². The van der Waals surface area contributed by atoms with E-state index in [1.807, 2.05) is 35.7 Å². The number of carbonyl (C=O) groups excluding carboxylic acids is 1. The van der Waals surface area contributed by atoms with Crippen LogP contribution in [0.15, 0.2) is 60.8 Å². The minimum absolute atomic E-state index is 0.151. The van der Waals surface area contributed by atoms with Crippen LogP contribution in [0.3, 0.4) is 0 Å². The number of aryl methyl sites for hydroxylation is 2.